The summed E-state index contributed by atoms with van der Waals surface area (Å²) in [6, 6.07) is 9.39. The van der Waals surface area contributed by atoms with Crippen molar-refractivity contribution < 1.29 is 39.3 Å². The zero-order valence-electron chi connectivity index (χ0n) is 21.1. The Balaban J connectivity index is 2.21. The molecule has 2 aromatic rings. The topological polar surface area (TPSA) is 234 Å². The van der Waals surface area contributed by atoms with Crippen LogP contribution in [0.25, 0.3) is 0 Å². The second-order valence-corrected chi connectivity index (χ2v) is 8.88. The lowest BCUT2D eigenvalue weighted by Crippen LogP contribution is -2.58. The molecule has 4 amide bonds. The smallest absolute Gasteiger partial charge is 0.328 e. The number of hydrogen-bond acceptors (Lipinski definition) is 8. The Morgan fingerprint density at radius 2 is 1.28 bits per heavy atom. The maximum atomic E-state index is 13.2. The minimum absolute atomic E-state index is 0.0314. The fourth-order valence-corrected chi connectivity index (χ4v) is 3.60. The standard InChI is InChI=1S/C26H33N5O8/c27-18(12-15-4-2-1-3-5-15)23(35)29-19(10-11-22(28)34)24(36)30-20(13-16-6-8-17(33)9-7-16)25(37)31-21(14-32)26(38)39/h1-9,18-21,32-33H,10-14,27H2,(H2,28,34)(H,29,35)(H,30,36)(H,31,37)(H,38,39). The van der Waals surface area contributed by atoms with Gasteiger partial charge in [0.2, 0.25) is 23.6 Å². The van der Waals surface area contributed by atoms with Crippen LogP contribution in [-0.4, -0.2) is 75.7 Å². The molecular weight excluding hydrogens is 510 g/mol. The number of carboxylic acids is 1. The van der Waals surface area contributed by atoms with Crippen molar-refractivity contribution in [1.29, 1.82) is 0 Å². The first-order valence-electron chi connectivity index (χ1n) is 12.1. The van der Waals surface area contributed by atoms with Crippen LogP contribution in [0.3, 0.4) is 0 Å². The van der Waals surface area contributed by atoms with Gasteiger partial charge in [-0.1, -0.05) is 42.5 Å². The highest BCUT2D eigenvalue weighted by Gasteiger charge is 2.30. The zero-order chi connectivity index (χ0) is 28.9. The van der Waals surface area contributed by atoms with E-state index in [0.717, 1.165) is 5.56 Å². The summed E-state index contributed by atoms with van der Waals surface area (Å²) in [6.45, 7) is -0.891. The van der Waals surface area contributed by atoms with Crippen molar-refractivity contribution >= 4 is 29.6 Å². The lowest BCUT2D eigenvalue weighted by atomic mass is 10.0. The Bertz CT molecular complexity index is 1140. The molecule has 0 bridgehead atoms. The highest BCUT2D eigenvalue weighted by Crippen LogP contribution is 2.12. The molecule has 0 aliphatic heterocycles. The van der Waals surface area contributed by atoms with Crippen molar-refractivity contribution in [2.75, 3.05) is 6.61 Å². The lowest BCUT2D eigenvalue weighted by molar-refractivity contribution is -0.143. The largest absolute Gasteiger partial charge is 0.508 e. The number of benzene rings is 2. The zero-order valence-corrected chi connectivity index (χ0v) is 21.1. The molecular formula is C26H33N5O8. The molecule has 0 saturated carbocycles. The van der Waals surface area contributed by atoms with E-state index in [9.17, 15) is 39.3 Å². The second kappa shape index (κ2) is 15.1. The number of aromatic hydroxyl groups is 1. The number of nitrogens with one attached hydrogen (secondary N) is 3. The quantitative estimate of drug-likeness (QED) is 0.128. The number of rotatable bonds is 15. The van der Waals surface area contributed by atoms with Gasteiger partial charge in [0.05, 0.1) is 12.6 Å². The number of carbonyl (C=O) groups excluding carboxylic acids is 4. The third-order valence-electron chi connectivity index (χ3n) is 5.75. The summed E-state index contributed by atoms with van der Waals surface area (Å²) in [7, 11) is 0. The van der Waals surface area contributed by atoms with Gasteiger partial charge in [-0.25, -0.2) is 4.79 Å². The summed E-state index contributed by atoms with van der Waals surface area (Å²) in [5, 5.41) is 35.1. The molecule has 0 radical (unpaired) electrons. The summed E-state index contributed by atoms with van der Waals surface area (Å²) >= 11 is 0. The molecule has 0 aliphatic carbocycles. The molecule has 2 rings (SSSR count). The van der Waals surface area contributed by atoms with Crippen molar-refractivity contribution in [1.82, 2.24) is 16.0 Å². The van der Waals surface area contributed by atoms with E-state index in [1.165, 1.54) is 24.3 Å². The summed E-state index contributed by atoms with van der Waals surface area (Å²) < 4.78 is 0. The Morgan fingerprint density at radius 1 is 0.744 bits per heavy atom. The Kier molecular flexibility index (Phi) is 11.9. The highest BCUT2D eigenvalue weighted by molar-refractivity contribution is 5.94. The summed E-state index contributed by atoms with van der Waals surface area (Å²) in [5.41, 5.74) is 12.5. The van der Waals surface area contributed by atoms with Crippen molar-refractivity contribution in [2.45, 2.75) is 49.9 Å². The maximum Gasteiger partial charge on any atom is 0.328 e. The van der Waals surface area contributed by atoms with Gasteiger partial charge >= 0.3 is 5.97 Å². The van der Waals surface area contributed by atoms with Gasteiger partial charge in [-0.3, -0.25) is 19.2 Å². The van der Waals surface area contributed by atoms with Crippen LogP contribution in [0.4, 0.5) is 0 Å². The number of aliphatic hydroxyl groups excluding tert-OH is 1. The van der Waals surface area contributed by atoms with Crippen molar-refractivity contribution in [3.63, 3.8) is 0 Å². The normalized spacial score (nSPS) is 13.8. The summed E-state index contributed by atoms with van der Waals surface area (Å²) in [4.78, 5) is 61.6. The first-order chi connectivity index (χ1) is 18.5. The Labute approximate surface area is 224 Å². The van der Waals surface area contributed by atoms with E-state index in [4.69, 9.17) is 11.5 Å². The predicted molar refractivity (Wildman–Crippen MR) is 139 cm³/mol. The first-order valence-corrected chi connectivity index (χ1v) is 12.1. The van der Waals surface area contributed by atoms with E-state index in [-0.39, 0.29) is 31.4 Å². The van der Waals surface area contributed by atoms with Crippen LogP contribution in [0.1, 0.15) is 24.0 Å². The monoisotopic (exact) mass is 543 g/mol. The van der Waals surface area contributed by atoms with Crippen molar-refractivity contribution in [3.05, 3.63) is 65.7 Å². The second-order valence-electron chi connectivity index (χ2n) is 8.88. The van der Waals surface area contributed by atoms with E-state index >= 15 is 0 Å². The first kappa shape index (κ1) is 30.7. The highest BCUT2D eigenvalue weighted by atomic mass is 16.4. The molecule has 0 saturated heterocycles. The van der Waals surface area contributed by atoms with Crippen LogP contribution in [0, 0.1) is 0 Å². The summed E-state index contributed by atoms with van der Waals surface area (Å²) in [5.74, 6) is -4.67. The molecule has 0 fully saturated rings. The average Bonchev–Trinajstić information content (AvgIpc) is 2.90. The molecule has 10 N–H and O–H groups in total. The van der Waals surface area contributed by atoms with E-state index < -0.39 is 60.4 Å². The predicted octanol–water partition coefficient (Wildman–Crippen LogP) is -1.70. The third kappa shape index (κ3) is 10.4. The number of aliphatic hydroxyl groups is 1. The number of primary amides is 1. The molecule has 2 aromatic carbocycles. The van der Waals surface area contributed by atoms with Crippen LogP contribution >= 0.6 is 0 Å². The SMILES string of the molecule is NC(=O)CCC(NC(=O)C(N)Cc1ccccc1)C(=O)NC(Cc1ccc(O)cc1)C(=O)NC(CO)C(=O)O. The van der Waals surface area contributed by atoms with Gasteiger partial charge in [0, 0.05) is 12.8 Å². The fraction of sp³-hybridized carbons (Fsp3) is 0.346. The Morgan fingerprint density at radius 3 is 1.85 bits per heavy atom. The van der Waals surface area contributed by atoms with Crippen LogP contribution < -0.4 is 27.4 Å². The number of phenols is 1. The number of aliphatic carboxylic acids is 1. The Hall–Kier alpha value is -4.49. The maximum absolute atomic E-state index is 13.2. The van der Waals surface area contributed by atoms with Crippen LogP contribution in [0.15, 0.2) is 54.6 Å². The van der Waals surface area contributed by atoms with Gasteiger partial charge in [0.15, 0.2) is 0 Å². The molecule has 0 aliphatic rings. The lowest BCUT2D eigenvalue weighted by Gasteiger charge is -2.25. The number of phenolic OH excluding ortho intramolecular Hbond substituents is 1. The molecule has 0 spiro atoms. The van der Waals surface area contributed by atoms with Crippen LogP contribution in [-0.2, 0) is 36.8 Å². The molecule has 4 unspecified atom stereocenters. The molecule has 13 nitrogen and oxygen atoms in total. The minimum atomic E-state index is -1.63. The van der Waals surface area contributed by atoms with E-state index in [1.54, 1.807) is 24.3 Å². The van der Waals surface area contributed by atoms with Gasteiger partial charge in [-0.05, 0) is 36.1 Å². The van der Waals surface area contributed by atoms with Crippen LogP contribution in [0.2, 0.25) is 0 Å². The van der Waals surface area contributed by atoms with Gasteiger partial charge in [-0.2, -0.15) is 0 Å². The molecule has 0 heterocycles. The molecule has 13 heteroatoms. The van der Waals surface area contributed by atoms with Gasteiger partial charge in [0.1, 0.15) is 23.9 Å². The fourth-order valence-electron chi connectivity index (χ4n) is 3.60. The van der Waals surface area contributed by atoms with E-state index in [1.807, 2.05) is 6.07 Å². The van der Waals surface area contributed by atoms with E-state index in [2.05, 4.69) is 16.0 Å². The van der Waals surface area contributed by atoms with Gasteiger partial charge < -0.3 is 42.7 Å². The molecule has 210 valence electrons. The van der Waals surface area contributed by atoms with E-state index in [0.29, 0.717) is 5.56 Å². The number of nitrogens with two attached hydrogens (primary N) is 2. The molecule has 39 heavy (non-hydrogen) atoms. The van der Waals surface area contributed by atoms with Crippen LogP contribution in [0.5, 0.6) is 5.75 Å². The number of carbonyl (C=O) groups is 5. The number of carboxylic acid groups (broad SMARTS) is 1. The average molecular weight is 544 g/mol. The number of hydrogen-bond donors (Lipinski definition) is 8. The van der Waals surface area contributed by atoms with Gasteiger partial charge in [0.25, 0.3) is 0 Å². The third-order valence-corrected chi connectivity index (χ3v) is 5.75. The summed E-state index contributed by atoms with van der Waals surface area (Å²) in [6.07, 6.45) is -0.389. The minimum Gasteiger partial charge on any atom is -0.508 e. The molecule has 4 atom stereocenters. The van der Waals surface area contributed by atoms with Crippen molar-refractivity contribution in [2.24, 2.45) is 11.5 Å². The molecule has 0 aromatic heterocycles. The number of amides is 4. The van der Waals surface area contributed by atoms with Gasteiger partial charge in [-0.15, -0.1) is 0 Å². The van der Waals surface area contributed by atoms with Crippen molar-refractivity contribution in [3.8, 4) is 5.75 Å².